The molecule has 4 aromatic carbocycles. The Bertz CT molecular complexity index is 2070. The van der Waals surface area contributed by atoms with Gasteiger partial charge in [0.05, 0.1) is 0 Å². The molecule has 0 atom stereocenters. The third kappa shape index (κ3) is 5.63. The third-order valence-corrected chi connectivity index (χ3v) is 10.6. The summed E-state index contributed by atoms with van der Waals surface area (Å²) in [6.45, 7) is 4.58. The molecule has 45 heavy (non-hydrogen) atoms. The van der Waals surface area contributed by atoms with Crippen molar-refractivity contribution in [2.45, 2.75) is 33.4 Å². The van der Waals surface area contributed by atoms with Crippen LogP contribution in [0, 0.1) is 12.3 Å². The molecule has 0 N–H and O–H groups in total. The van der Waals surface area contributed by atoms with E-state index in [9.17, 15) is 13.2 Å². The van der Waals surface area contributed by atoms with Gasteiger partial charge in [-0.25, -0.2) is 0 Å². The van der Waals surface area contributed by atoms with E-state index in [1.54, 1.807) is 6.20 Å². The molecular formula is C38H29F3N2OSe. The van der Waals surface area contributed by atoms with E-state index < -0.39 is 11.6 Å². The second-order valence-electron chi connectivity index (χ2n) is 12.1. The molecule has 0 saturated heterocycles. The van der Waals surface area contributed by atoms with Crippen LogP contribution in [-0.4, -0.2) is 31.1 Å². The average molecular weight is 666 g/mol. The maximum atomic E-state index is 13.8. The predicted octanol–water partition coefficient (Wildman–Crippen LogP) is 8.83. The van der Waals surface area contributed by atoms with Gasteiger partial charge in [-0.2, -0.15) is 0 Å². The van der Waals surface area contributed by atoms with Crippen molar-refractivity contribution in [2.24, 2.45) is 5.41 Å². The number of alkyl halides is 3. The molecule has 0 aliphatic carbocycles. The van der Waals surface area contributed by atoms with Crippen LogP contribution in [0.3, 0.4) is 0 Å². The van der Waals surface area contributed by atoms with Crippen LogP contribution in [0.1, 0.15) is 25.0 Å². The Morgan fingerprint density at radius 2 is 1.56 bits per heavy atom. The second-order valence-corrected chi connectivity index (χ2v) is 14.3. The Morgan fingerprint density at radius 3 is 2.36 bits per heavy atom. The molecule has 0 bridgehead atoms. The number of fused-ring (bicyclic) bond motifs is 2. The zero-order valence-electron chi connectivity index (χ0n) is 24.9. The Labute approximate surface area is 266 Å². The zero-order valence-corrected chi connectivity index (χ0v) is 26.7. The van der Waals surface area contributed by atoms with Crippen molar-refractivity contribution in [3.8, 4) is 45.1 Å². The van der Waals surface area contributed by atoms with E-state index in [1.807, 2.05) is 92.0 Å². The van der Waals surface area contributed by atoms with Gasteiger partial charge >= 0.3 is 261 Å². The number of aryl methyl sites for hydroxylation is 1. The first-order valence-corrected chi connectivity index (χ1v) is 16.4. The molecule has 0 amide bonds. The Hall–Kier alpha value is -4.45. The van der Waals surface area contributed by atoms with Gasteiger partial charge in [-0.15, -0.1) is 0 Å². The van der Waals surface area contributed by atoms with E-state index in [4.69, 9.17) is 9.72 Å². The molecule has 0 spiro atoms. The fraction of sp³-hybridized carbons (Fsp3) is 0.158. The van der Waals surface area contributed by atoms with Gasteiger partial charge < -0.3 is 0 Å². The molecular weight excluding hydrogens is 636 g/mol. The average Bonchev–Trinajstić information content (AvgIpc) is 3.00. The van der Waals surface area contributed by atoms with Crippen LogP contribution in [0.25, 0.3) is 44.4 Å². The van der Waals surface area contributed by atoms with Crippen LogP contribution in [-0.2, 0) is 6.42 Å². The van der Waals surface area contributed by atoms with Crippen molar-refractivity contribution in [1.29, 1.82) is 0 Å². The SMILES string of the molecule is Cc1cc(Oc2cccc(-c3ccccn3)c2)cc(-c2nccc3c2[Se]c2cc(CC(C)(C)C(F)(F)F)cc4cccc-3c24)c1. The quantitative estimate of drug-likeness (QED) is 0.167. The Balaban J connectivity index is 1.27. The molecule has 3 heterocycles. The minimum atomic E-state index is -4.29. The maximum absolute atomic E-state index is 13.8. The molecule has 0 radical (unpaired) electrons. The van der Waals surface area contributed by atoms with Gasteiger partial charge in [-0.05, 0) is 6.07 Å². The molecule has 6 aromatic rings. The van der Waals surface area contributed by atoms with E-state index >= 15 is 0 Å². The molecule has 0 saturated carbocycles. The van der Waals surface area contributed by atoms with Crippen molar-refractivity contribution in [3.63, 3.8) is 0 Å². The van der Waals surface area contributed by atoms with Crippen LogP contribution in [0.4, 0.5) is 13.2 Å². The van der Waals surface area contributed by atoms with E-state index in [2.05, 4.69) is 23.2 Å². The molecule has 1 aliphatic rings. The van der Waals surface area contributed by atoms with Crippen LogP contribution in [0.2, 0.25) is 0 Å². The molecule has 3 nitrogen and oxygen atoms in total. The number of ether oxygens (including phenoxy) is 1. The topological polar surface area (TPSA) is 35.0 Å². The van der Waals surface area contributed by atoms with Crippen molar-refractivity contribution in [3.05, 3.63) is 121 Å². The molecule has 0 fully saturated rings. The van der Waals surface area contributed by atoms with Crippen LogP contribution < -0.4 is 13.7 Å². The molecule has 0 unspecified atom stereocenters. The number of pyridine rings is 2. The summed E-state index contributed by atoms with van der Waals surface area (Å²) in [7, 11) is 0. The van der Waals surface area contributed by atoms with Crippen LogP contribution in [0.5, 0.6) is 11.5 Å². The summed E-state index contributed by atoms with van der Waals surface area (Å²) in [5.41, 5.74) is 5.76. The molecule has 7 heteroatoms. The summed E-state index contributed by atoms with van der Waals surface area (Å²) in [6, 6.07) is 31.8. The minimum absolute atomic E-state index is 0.0768. The van der Waals surface area contributed by atoms with Gasteiger partial charge in [0.1, 0.15) is 0 Å². The van der Waals surface area contributed by atoms with Gasteiger partial charge in [-0.1, -0.05) is 0 Å². The number of rotatable bonds is 6. The van der Waals surface area contributed by atoms with E-state index in [0.29, 0.717) is 17.1 Å². The number of hydrogen-bond donors (Lipinski definition) is 0. The molecule has 7 rings (SSSR count). The number of nitrogens with zero attached hydrogens (tertiary/aromatic N) is 2. The summed E-state index contributed by atoms with van der Waals surface area (Å²) in [5, 5.41) is 2.10. The van der Waals surface area contributed by atoms with Gasteiger partial charge in [-0.3, -0.25) is 0 Å². The molecule has 1 aliphatic heterocycles. The summed E-state index contributed by atoms with van der Waals surface area (Å²) in [6.07, 6.45) is -0.756. The Morgan fingerprint density at radius 1 is 0.733 bits per heavy atom. The van der Waals surface area contributed by atoms with Gasteiger partial charge in [0.2, 0.25) is 0 Å². The Kier molecular flexibility index (Phi) is 7.26. The fourth-order valence-corrected chi connectivity index (χ4v) is 8.64. The number of halogens is 3. The molecule has 224 valence electrons. The van der Waals surface area contributed by atoms with E-state index in [-0.39, 0.29) is 21.4 Å². The number of benzene rings is 4. The first-order valence-electron chi connectivity index (χ1n) is 14.7. The predicted molar refractivity (Wildman–Crippen MR) is 176 cm³/mol. The van der Waals surface area contributed by atoms with Crippen molar-refractivity contribution >= 4 is 34.7 Å². The second kappa shape index (κ2) is 11.2. The normalized spacial score (nSPS) is 12.7. The van der Waals surface area contributed by atoms with Gasteiger partial charge in [0.15, 0.2) is 0 Å². The summed E-state index contributed by atoms with van der Waals surface area (Å²) in [4.78, 5) is 9.32. The van der Waals surface area contributed by atoms with Crippen molar-refractivity contribution in [1.82, 2.24) is 9.97 Å². The number of hydrogen-bond acceptors (Lipinski definition) is 3. The summed E-state index contributed by atoms with van der Waals surface area (Å²) >= 11 is -0.175. The standard InChI is InChI=1S/C38H29F3N2OSe/c1-23-16-27(21-29(17-23)44-28-10-6-8-25(20-28)32-12-4-5-14-42-32)35-36-31(13-15-43-35)30-11-7-9-26-18-24(19-33(45-36)34(26)30)22-37(2,3)38(39,40)41/h4-21H,22H2,1-3H3. The summed E-state index contributed by atoms with van der Waals surface area (Å²) in [5.74, 6) is 1.40. The fourth-order valence-electron chi connectivity index (χ4n) is 5.88. The monoisotopic (exact) mass is 666 g/mol. The van der Waals surface area contributed by atoms with Gasteiger partial charge in [0.25, 0.3) is 0 Å². The van der Waals surface area contributed by atoms with Gasteiger partial charge in [0, 0.05) is 0 Å². The zero-order chi connectivity index (χ0) is 31.3. The van der Waals surface area contributed by atoms with Crippen LogP contribution in [0.15, 0.2) is 109 Å². The first kappa shape index (κ1) is 29.3. The van der Waals surface area contributed by atoms with Crippen molar-refractivity contribution < 1.29 is 17.9 Å². The molecule has 2 aromatic heterocycles. The third-order valence-electron chi connectivity index (χ3n) is 8.18. The van der Waals surface area contributed by atoms with E-state index in [1.165, 1.54) is 13.8 Å². The first-order chi connectivity index (χ1) is 21.6. The van der Waals surface area contributed by atoms with Crippen molar-refractivity contribution in [2.75, 3.05) is 0 Å². The van der Waals surface area contributed by atoms with Crippen LogP contribution >= 0.6 is 0 Å². The number of aromatic nitrogens is 2. The van der Waals surface area contributed by atoms with E-state index in [0.717, 1.165) is 58.9 Å². The summed E-state index contributed by atoms with van der Waals surface area (Å²) < 4.78 is 50.0.